The first-order valence-electron chi connectivity index (χ1n) is 12.7. The molecule has 40 heavy (non-hydrogen) atoms. The number of hydrogen-bond acceptors (Lipinski definition) is 7. The molecule has 0 radical (unpaired) electrons. The Morgan fingerprint density at radius 3 is 2.60 bits per heavy atom. The molecule has 0 saturated carbocycles. The largest absolute Gasteiger partial charge is 0.356 e. The molecule has 1 aromatic carbocycles. The summed E-state index contributed by atoms with van der Waals surface area (Å²) in [5.74, 6) is -0.480. The van der Waals surface area contributed by atoms with Crippen LogP contribution in [0.4, 0.5) is 10.2 Å². The molecule has 0 bridgehead atoms. The third-order valence-electron chi connectivity index (χ3n) is 6.89. The van der Waals surface area contributed by atoms with Crippen molar-refractivity contribution in [3.8, 4) is 16.9 Å². The number of rotatable bonds is 5. The monoisotopic (exact) mass is 581 g/mol. The normalized spacial score (nSPS) is 15.6. The Kier molecular flexibility index (Phi) is 7.57. The molecule has 5 rings (SSSR count). The third-order valence-corrected chi connectivity index (χ3v) is 7.47. The van der Waals surface area contributed by atoms with Crippen molar-refractivity contribution in [2.45, 2.75) is 32.7 Å². The SMILES string of the molecule is C=CC(=O)N1CCN(c2nc(=O)n(-c3c(Cl)ncnc3C(C)C)c3nc(-c4ccccc4F)cc(Cl)c23)[C@@H](C)C1. The van der Waals surface area contributed by atoms with Crippen LogP contribution in [0.3, 0.4) is 0 Å². The van der Waals surface area contributed by atoms with Gasteiger partial charge in [0.25, 0.3) is 0 Å². The van der Waals surface area contributed by atoms with Crippen LogP contribution in [0.15, 0.2) is 54.1 Å². The first-order chi connectivity index (χ1) is 19.1. The Hall–Kier alpha value is -3.89. The van der Waals surface area contributed by atoms with Crippen molar-refractivity contribution in [2.24, 2.45) is 0 Å². The Balaban J connectivity index is 1.82. The molecule has 1 amide bonds. The second kappa shape index (κ2) is 10.9. The molecule has 3 aromatic heterocycles. The van der Waals surface area contributed by atoms with Gasteiger partial charge in [-0.3, -0.25) is 4.79 Å². The third kappa shape index (κ3) is 4.82. The van der Waals surface area contributed by atoms with Gasteiger partial charge in [0.1, 0.15) is 23.6 Å². The summed E-state index contributed by atoms with van der Waals surface area (Å²) in [6.45, 7) is 10.5. The fourth-order valence-electron chi connectivity index (χ4n) is 4.97. The fraction of sp³-hybridized carbons (Fsp3) is 0.286. The number of piperazine rings is 1. The summed E-state index contributed by atoms with van der Waals surface area (Å²) in [4.78, 5) is 47.4. The molecule has 1 aliphatic heterocycles. The summed E-state index contributed by atoms with van der Waals surface area (Å²) >= 11 is 13.5. The van der Waals surface area contributed by atoms with Gasteiger partial charge in [-0.05, 0) is 37.1 Å². The molecule has 1 atom stereocenters. The number of aromatic nitrogens is 5. The maximum Gasteiger partial charge on any atom is 0.356 e. The van der Waals surface area contributed by atoms with E-state index in [1.54, 1.807) is 29.2 Å². The molecule has 4 aromatic rings. The zero-order valence-corrected chi connectivity index (χ0v) is 23.6. The molecule has 0 aliphatic carbocycles. The Morgan fingerprint density at radius 1 is 1.18 bits per heavy atom. The summed E-state index contributed by atoms with van der Waals surface area (Å²) in [5, 5.41) is 0.637. The number of carbonyl (C=O) groups excluding carboxylic acids is 1. The minimum Gasteiger partial charge on any atom is -0.350 e. The van der Waals surface area contributed by atoms with Crippen LogP contribution < -0.4 is 10.6 Å². The van der Waals surface area contributed by atoms with E-state index in [0.717, 1.165) is 0 Å². The Bertz CT molecular complexity index is 1710. The van der Waals surface area contributed by atoms with Crippen molar-refractivity contribution in [1.82, 2.24) is 29.4 Å². The number of hydrogen-bond donors (Lipinski definition) is 0. The maximum absolute atomic E-state index is 14.8. The summed E-state index contributed by atoms with van der Waals surface area (Å²) in [6, 6.07) is 7.52. The number of carbonyl (C=O) groups is 1. The van der Waals surface area contributed by atoms with E-state index in [-0.39, 0.29) is 50.6 Å². The Morgan fingerprint density at radius 2 is 1.93 bits per heavy atom. The number of halogens is 3. The van der Waals surface area contributed by atoms with Gasteiger partial charge in [0.2, 0.25) is 5.91 Å². The van der Waals surface area contributed by atoms with E-state index in [1.165, 1.54) is 23.0 Å². The first-order valence-corrected chi connectivity index (χ1v) is 13.4. The molecule has 1 aliphatic rings. The molecule has 9 nitrogen and oxygen atoms in total. The number of fused-ring (bicyclic) bond motifs is 1. The van der Waals surface area contributed by atoms with E-state index in [0.29, 0.717) is 36.5 Å². The second-order valence-electron chi connectivity index (χ2n) is 9.80. The molecular weight excluding hydrogens is 556 g/mol. The number of anilines is 1. The van der Waals surface area contributed by atoms with E-state index < -0.39 is 11.5 Å². The van der Waals surface area contributed by atoms with Crippen LogP contribution in [0, 0.1) is 5.82 Å². The predicted octanol–water partition coefficient (Wildman–Crippen LogP) is 5.03. The summed E-state index contributed by atoms with van der Waals surface area (Å²) in [6.07, 6.45) is 2.60. The summed E-state index contributed by atoms with van der Waals surface area (Å²) in [7, 11) is 0. The van der Waals surface area contributed by atoms with Crippen LogP contribution >= 0.6 is 23.2 Å². The molecule has 206 valence electrons. The lowest BCUT2D eigenvalue weighted by Gasteiger charge is -2.40. The highest BCUT2D eigenvalue weighted by atomic mass is 35.5. The van der Waals surface area contributed by atoms with Crippen LogP contribution in [0.5, 0.6) is 0 Å². The van der Waals surface area contributed by atoms with Gasteiger partial charge in [0, 0.05) is 31.2 Å². The quantitative estimate of drug-likeness (QED) is 0.241. The fourth-order valence-corrected chi connectivity index (χ4v) is 5.47. The first kappa shape index (κ1) is 27.7. The van der Waals surface area contributed by atoms with Crippen LogP contribution in [-0.2, 0) is 4.79 Å². The van der Waals surface area contributed by atoms with Crippen molar-refractivity contribution in [1.29, 1.82) is 0 Å². The Labute approximate surface area is 239 Å². The number of benzene rings is 1. The van der Waals surface area contributed by atoms with Gasteiger partial charge in [0.15, 0.2) is 10.8 Å². The smallest absolute Gasteiger partial charge is 0.350 e. The van der Waals surface area contributed by atoms with Crippen molar-refractivity contribution >= 4 is 46.0 Å². The zero-order valence-electron chi connectivity index (χ0n) is 22.1. The van der Waals surface area contributed by atoms with E-state index >= 15 is 0 Å². The predicted molar refractivity (Wildman–Crippen MR) is 154 cm³/mol. The molecule has 0 spiro atoms. The molecule has 1 fully saturated rings. The number of amides is 1. The van der Waals surface area contributed by atoms with Gasteiger partial charge in [0.05, 0.1) is 21.8 Å². The molecule has 1 saturated heterocycles. The molecular formula is C28H26Cl2FN7O2. The van der Waals surface area contributed by atoms with Crippen LogP contribution in [0.1, 0.15) is 32.4 Å². The highest BCUT2D eigenvalue weighted by Gasteiger charge is 2.31. The molecule has 0 N–H and O–H groups in total. The molecule has 4 heterocycles. The average Bonchev–Trinajstić information content (AvgIpc) is 2.92. The second-order valence-corrected chi connectivity index (χ2v) is 10.6. The van der Waals surface area contributed by atoms with Crippen molar-refractivity contribution in [2.75, 3.05) is 24.5 Å². The van der Waals surface area contributed by atoms with E-state index in [9.17, 15) is 14.0 Å². The topological polar surface area (TPSA) is 97.1 Å². The van der Waals surface area contributed by atoms with Crippen LogP contribution in [0.2, 0.25) is 10.2 Å². The van der Waals surface area contributed by atoms with E-state index in [2.05, 4.69) is 21.5 Å². The van der Waals surface area contributed by atoms with Gasteiger partial charge in [-0.1, -0.05) is 55.8 Å². The van der Waals surface area contributed by atoms with Crippen LogP contribution in [0.25, 0.3) is 28.0 Å². The molecule has 0 unspecified atom stereocenters. The lowest BCUT2D eigenvalue weighted by atomic mass is 10.1. The molecule has 12 heteroatoms. The zero-order chi connectivity index (χ0) is 28.7. The van der Waals surface area contributed by atoms with Gasteiger partial charge in [-0.15, -0.1) is 0 Å². The van der Waals surface area contributed by atoms with Gasteiger partial charge in [-0.2, -0.15) is 4.98 Å². The van der Waals surface area contributed by atoms with E-state index in [1.807, 2.05) is 25.7 Å². The standard InChI is InChI=1S/C28H26Cl2FN7O2/c1-5-21(39)36-10-11-37(16(4)13-36)26-22-18(29)12-20(17-8-6-7-9-19(17)31)34-27(22)38(28(40)35-26)24-23(15(2)3)32-14-33-25(24)30/h5-9,12,14-16H,1,10-11,13H2,2-4H3/t16-/m0/s1. The minimum atomic E-state index is -0.674. The van der Waals surface area contributed by atoms with Gasteiger partial charge < -0.3 is 9.80 Å². The van der Waals surface area contributed by atoms with Crippen LogP contribution in [-0.4, -0.2) is 61.0 Å². The summed E-state index contributed by atoms with van der Waals surface area (Å²) < 4.78 is 16.1. The van der Waals surface area contributed by atoms with E-state index in [4.69, 9.17) is 28.2 Å². The average molecular weight is 582 g/mol. The lowest BCUT2D eigenvalue weighted by Crippen LogP contribution is -2.54. The lowest BCUT2D eigenvalue weighted by molar-refractivity contribution is -0.126. The summed E-state index contributed by atoms with van der Waals surface area (Å²) in [5.41, 5.74) is 0.653. The number of nitrogens with zero attached hydrogens (tertiary/aromatic N) is 7. The van der Waals surface area contributed by atoms with Crippen molar-refractivity contribution in [3.63, 3.8) is 0 Å². The van der Waals surface area contributed by atoms with Gasteiger partial charge in [-0.25, -0.2) is 28.7 Å². The minimum absolute atomic E-state index is 0.0378. The van der Waals surface area contributed by atoms with Gasteiger partial charge >= 0.3 is 5.69 Å². The maximum atomic E-state index is 14.8. The highest BCUT2D eigenvalue weighted by molar-refractivity contribution is 6.36. The number of pyridine rings is 1. The van der Waals surface area contributed by atoms with Crippen molar-refractivity contribution < 1.29 is 9.18 Å². The highest BCUT2D eigenvalue weighted by Crippen LogP contribution is 2.37. The van der Waals surface area contributed by atoms with Crippen molar-refractivity contribution in [3.05, 3.63) is 81.5 Å².